The van der Waals surface area contributed by atoms with Crippen LogP contribution in [0.4, 0.5) is 0 Å². The van der Waals surface area contributed by atoms with Gasteiger partial charge in [-0.2, -0.15) is 0 Å². The summed E-state index contributed by atoms with van der Waals surface area (Å²) in [5.41, 5.74) is 6.22. The average molecular weight is 259 g/mol. The molecule has 0 aliphatic carbocycles. The van der Waals surface area contributed by atoms with Gasteiger partial charge in [0.2, 0.25) is 0 Å². The summed E-state index contributed by atoms with van der Waals surface area (Å²) in [4.78, 5) is 9.26. The summed E-state index contributed by atoms with van der Waals surface area (Å²) in [5.74, 6) is 0. The number of para-hydroxylation sites is 2. The summed E-state index contributed by atoms with van der Waals surface area (Å²) in [6, 6.07) is 16.5. The Balaban J connectivity index is 2.11. The predicted octanol–water partition coefficient (Wildman–Crippen LogP) is 3.86. The summed E-state index contributed by atoms with van der Waals surface area (Å²) < 4.78 is 2.09. The Labute approximate surface area is 116 Å². The molecule has 0 aliphatic rings. The molecular formula is C17H13N3. The Morgan fingerprint density at radius 3 is 2.60 bits per heavy atom. The van der Waals surface area contributed by atoms with Gasteiger partial charge in [0, 0.05) is 18.0 Å². The quantitative estimate of drug-likeness (QED) is 0.519. The van der Waals surface area contributed by atoms with E-state index in [1.807, 2.05) is 30.6 Å². The summed E-state index contributed by atoms with van der Waals surface area (Å²) in [6.45, 7) is 2.09. The number of fused-ring (bicyclic) bond motifs is 3. The van der Waals surface area contributed by atoms with E-state index in [9.17, 15) is 0 Å². The molecule has 0 aliphatic heterocycles. The molecule has 2 heterocycles. The van der Waals surface area contributed by atoms with E-state index < -0.39 is 0 Å². The lowest BCUT2D eigenvalue weighted by atomic mass is 10.1. The minimum absolute atomic E-state index is 0.896. The van der Waals surface area contributed by atoms with Crippen LogP contribution in [0.2, 0.25) is 0 Å². The van der Waals surface area contributed by atoms with E-state index >= 15 is 0 Å². The monoisotopic (exact) mass is 259 g/mol. The van der Waals surface area contributed by atoms with Crippen LogP contribution in [0.15, 0.2) is 60.9 Å². The molecule has 0 amide bonds. The van der Waals surface area contributed by atoms with Gasteiger partial charge in [0.1, 0.15) is 5.69 Å². The molecule has 0 spiro atoms. The molecule has 0 fully saturated rings. The highest BCUT2D eigenvalue weighted by Crippen LogP contribution is 2.25. The van der Waals surface area contributed by atoms with Crippen molar-refractivity contribution < 1.29 is 0 Å². The molecule has 3 nitrogen and oxygen atoms in total. The van der Waals surface area contributed by atoms with Crippen LogP contribution in [-0.4, -0.2) is 14.4 Å². The van der Waals surface area contributed by atoms with Gasteiger partial charge in [-0.3, -0.25) is 4.40 Å². The second kappa shape index (κ2) is 4.17. The molecule has 4 aromatic rings. The Kier molecular flexibility index (Phi) is 2.33. The highest BCUT2D eigenvalue weighted by Gasteiger charge is 2.10. The van der Waals surface area contributed by atoms with Crippen LogP contribution in [0, 0.1) is 6.92 Å². The number of aromatic nitrogens is 3. The van der Waals surface area contributed by atoms with Gasteiger partial charge < -0.3 is 0 Å². The summed E-state index contributed by atoms with van der Waals surface area (Å²) >= 11 is 0. The summed E-state index contributed by atoms with van der Waals surface area (Å²) in [6.07, 6.45) is 3.80. The van der Waals surface area contributed by atoms with E-state index in [1.54, 1.807) is 0 Å². The van der Waals surface area contributed by atoms with Crippen molar-refractivity contribution in [1.82, 2.24) is 14.4 Å². The van der Waals surface area contributed by atoms with Crippen molar-refractivity contribution in [1.29, 1.82) is 0 Å². The van der Waals surface area contributed by atoms with Crippen molar-refractivity contribution in [3.63, 3.8) is 0 Å². The van der Waals surface area contributed by atoms with Crippen LogP contribution in [0.25, 0.3) is 27.9 Å². The maximum atomic E-state index is 4.79. The Morgan fingerprint density at radius 2 is 1.75 bits per heavy atom. The van der Waals surface area contributed by atoms with E-state index in [-0.39, 0.29) is 0 Å². The normalized spacial score (nSPS) is 11.2. The highest BCUT2D eigenvalue weighted by molar-refractivity contribution is 5.85. The number of aryl methyl sites for hydroxylation is 1. The molecule has 0 N–H and O–H groups in total. The number of hydrogen-bond donors (Lipinski definition) is 0. The third-order valence-electron chi connectivity index (χ3n) is 3.55. The van der Waals surface area contributed by atoms with E-state index in [0.29, 0.717) is 0 Å². The van der Waals surface area contributed by atoms with Crippen LogP contribution >= 0.6 is 0 Å². The molecule has 0 unspecified atom stereocenters. The van der Waals surface area contributed by atoms with Gasteiger partial charge in [-0.1, -0.05) is 42.0 Å². The molecule has 0 saturated heterocycles. The smallest absolute Gasteiger partial charge is 0.163 e. The zero-order valence-electron chi connectivity index (χ0n) is 11.1. The predicted molar refractivity (Wildman–Crippen MR) is 80.7 cm³/mol. The van der Waals surface area contributed by atoms with E-state index in [0.717, 1.165) is 27.9 Å². The van der Waals surface area contributed by atoms with Crippen molar-refractivity contribution in [2.75, 3.05) is 0 Å². The SMILES string of the molecule is Cc1ccc(-c2nc3ccccc3n3ccnc23)cc1. The van der Waals surface area contributed by atoms with Gasteiger partial charge in [0.15, 0.2) is 5.65 Å². The van der Waals surface area contributed by atoms with E-state index in [1.165, 1.54) is 5.56 Å². The van der Waals surface area contributed by atoms with Gasteiger partial charge in [-0.25, -0.2) is 9.97 Å². The van der Waals surface area contributed by atoms with Crippen LogP contribution in [-0.2, 0) is 0 Å². The van der Waals surface area contributed by atoms with Gasteiger partial charge in [-0.15, -0.1) is 0 Å². The first-order chi connectivity index (χ1) is 9.83. The molecule has 20 heavy (non-hydrogen) atoms. The lowest BCUT2D eigenvalue weighted by molar-refractivity contribution is 1.21. The second-order valence-electron chi connectivity index (χ2n) is 4.94. The molecule has 96 valence electrons. The van der Waals surface area contributed by atoms with Crippen molar-refractivity contribution >= 4 is 16.7 Å². The molecule has 3 heteroatoms. The maximum absolute atomic E-state index is 4.79. The third-order valence-corrected chi connectivity index (χ3v) is 3.55. The van der Waals surface area contributed by atoms with Gasteiger partial charge in [0.05, 0.1) is 11.0 Å². The summed E-state index contributed by atoms with van der Waals surface area (Å²) in [5, 5.41) is 0. The fraction of sp³-hybridized carbons (Fsp3) is 0.0588. The minimum atomic E-state index is 0.896. The van der Waals surface area contributed by atoms with Crippen molar-refractivity contribution in [3.05, 3.63) is 66.5 Å². The number of imidazole rings is 1. The van der Waals surface area contributed by atoms with Gasteiger partial charge in [0.25, 0.3) is 0 Å². The number of hydrogen-bond acceptors (Lipinski definition) is 2. The van der Waals surface area contributed by atoms with Crippen molar-refractivity contribution in [3.8, 4) is 11.3 Å². The number of rotatable bonds is 1. The topological polar surface area (TPSA) is 30.2 Å². The molecule has 2 aromatic carbocycles. The molecule has 4 rings (SSSR count). The van der Waals surface area contributed by atoms with Gasteiger partial charge in [-0.05, 0) is 19.1 Å². The second-order valence-corrected chi connectivity index (χ2v) is 4.94. The van der Waals surface area contributed by atoms with Crippen LogP contribution in [0.5, 0.6) is 0 Å². The van der Waals surface area contributed by atoms with Crippen LogP contribution < -0.4 is 0 Å². The highest BCUT2D eigenvalue weighted by atomic mass is 15.0. The molecule has 0 radical (unpaired) electrons. The first kappa shape index (κ1) is 11.2. The number of benzene rings is 2. The summed E-state index contributed by atoms with van der Waals surface area (Å²) in [7, 11) is 0. The largest absolute Gasteiger partial charge is 0.296 e. The molecule has 2 aromatic heterocycles. The Hall–Kier alpha value is -2.68. The lowest BCUT2D eigenvalue weighted by Gasteiger charge is -2.07. The zero-order chi connectivity index (χ0) is 13.5. The molecule has 0 saturated carbocycles. The third kappa shape index (κ3) is 1.60. The zero-order valence-corrected chi connectivity index (χ0v) is 11.1. The molecular weight excluding hydrogens is 246 g/mol. The maximum Gasteiger partial charge on any atom is 0.163 e. The average Bonchev–Trinajstić information content (AvgIpc) is 2.97. The molecule has 0 bridgehead atoms. The fourth-order valence-electron chi connectivity index (χ4n) is 2.51. The van der Waals surface area contributed by atoms with Crippen molar-refractivity contribution in [2.24, 2.45) is 0 Å². The van der Waals surface area contributed by atoms with E-state index in [2.05, 4.69) is 46.6 Å². The first-order valence-corrected chi connectivity index (χ1v) is 6.62. The first-order valence-electron chi connectivity index (χ1n) is 6.62. The number of nitrogens with zero attached hydrogens (tertiary/aromatic N) is 3. The van der Waals surface area contributed by atoms with Gasteiger partial charge >= 0.3 is 0 Å². The van der Waals surface area contributed by atoms with Crippen molar-refractivity contribution in [2.45, 2.75) is 6.92 Å². The Morgan fingerprint density at radius 1 is 0.950 bits per heavy atom. The van der Waals surface area contributed by atoms with Crippen LogP contribution in [0.3, 0.4) is 0 Å². The molecule has 0 atom stereocenters. The Bertz CT molecular complexity index is 904. The fourth-order valence-corrected chi connectivity index (χ4v) is 2.51. The standard InChI is InChI=1S/C17H13N3/c1-12-6-8-13(9-7-12)16-17-18-10-11-20(17)15-5-3-2-4-14(15)19-16/h2-11H,1H3. The minimum Gasteiger partial charge on any atom is -0.296 e. The van der Waals surface area contributed by atoms with E-state index in [4.69, 9.17) is 4.98 Å². The van der Waals surface area contributed by atoms with Crippen LogP contribution in [0.1, 0.15) is 5.56 Å². The lowest BCUT2D eigenvalue weighted by Crippen LogP contribution is -1.95.